The molecule has 0 fully saturated rings. The predicted molar refractivity (Wildman–Crippen MR) is 173 cm³/mol. The van der Waals surface area contributed by atoms with E-state index >= 15 is 0 Å². The Morgan fingerprint density at radius 2 is 1.61 bits per heavy atom. The number of aryl methyl sites for hydroxylation is 2. The number of ether oxygens (including phenoxy) is 1. The van der Waals surface area contributed by atoms with E-state index in [1.807, 2.05) is 44.2 Å². The van der Waals surface area contributed by atoms with Gasteiger partial charge in [-0.15, -0.1) is 0 Å². The molecule has 0 aliphatic carbocycles. The maximum absolute atomic E-state index is 13.6. The number of benzene rings is 4. The second-order valence-corrected chi connectivity index (χ2v) is 12.4. The minimum absolute atomic E-state index is 0.0549. The van der Waals surface area contributed by atoms with Crippen molar-refractivity contribution in [2.24, 2.45) is 5.10 Å². The van der Waals surface area contributed by atoms with Crippen molar-refractivity contribution in [3.63, 3.8) is 0 Å². The van der Waals surface area contributed by atoms with Gasteiger partial charge in [0.2, 0.25) is 0 Å². The predicted octanol–water partition coefficient (Wildman–Crippen LogP) is 5.56. The minimum Gasteiger partial charge on any atom is -0.484 e. The number of hydrogen-bond acceptors (Lipinski definition) is 6. The Morgan fingerprint density at radius 3 is 2.27 bits per heavy atom. The molecule has 0 aliphatic rings. The number of rotatable bonds is 12. The lowest BCUT2D eigenvalue weighted by molar-refractivity contribution is -0.123. The molecule has 0 aromatic heterocycles. The molecule has 4 aromatic carbocycles. The molecule has 0 spiro atoms. The summed E-state index contributed by atoms with van der Waals surface area (Å²) < 4.78 is 33.8. The van der Waals surface area contributed by atoms with Gasteiger partial charge in [0, 0.05) is 5.02 Å². The summed E-state index contributed by atoms with van der Waals surface area (Å²) in [6.07, 6.45) is 1.42. The number of halogens is 1. The number of carbonyl (C=O) groups is 2. The molecule has 0 heterocycles. The van der Waals surface area contributed by atoms with E-state index in [1.54, 1.807) is 61.5 Å². The van der Waals surface area contributed by atoms with E-state index in [4.69, 9.17) is 16.3 Å². The zero-order valence-electron chi connectivity index (χ0n) is 24.5. The van der Waals surface area contributed by atoms with Crippen LogP contribution in [0.25, 0.3) is 0 Å². The SMILES string of the molecule is Cc1ccc(S(=O)(=O)N(CC(=O)N/N=C\c2ccc(OCC(=O)N[C@@H](C)c3ccccc3)cc2)c2ccc(Cl)cc2C)cc1. The van der Waals surface area contributed by atoms with Gasteiger partial charge in [0.25, 0.3) is 21.8 Å². The summed E-state index contributed by atoms with van der Waals surface area (Å²) in [6.45, 7) is 4.83. The molecule has 0 saturated heterocycles. The van der Waals surface area contributed by atoms with Crippen molar-refractivity contribution < 1.29 is 22.7 Å². The Hall–Kier alpha value is -4.67. The summed E-state index contributed by atoms with van der Waals surface area (Å²) in [5, 5.41) is 7.33. The monoisotopic (exact) mass is 632 g/mol. The smallest absolute Gasteiger partial charge is 0.264 e. The third-order valence-corrected chi connectivity index (χ3v) is 8.66. The molecule has 2 amide bonds. The van der Waals surface area contributed by atoms with Crippen LogP contribution in [0.4, 0.5) is 5.69 Å². The molecule has 11 heteroatoms. The molecule has 4 rings (SSSR count). The van der Waals surface area contributed by atoms with Crippen LogP contribution in [0.5, 0.6) is 5.75 Å². The summed E-state index contributed by atoms with van der Waals surface area (Å²) in [5.41, 5.74) is 5.87. The number of sulfonamides is 1. The van der Waals surface area contributed by atoms with Crippen LogP contribution in [-0.4, -0.2) is 39.6 Å². The van der Waals surface area contributed by atoms with Crippen molar-refractivity contribution in [1.82, 2.24) is 10.7 Å². The number of nitrogens with one attached hydrogen (secondary N) is 2. The molecule has 44 heavy (non-hydrogen) atoms. The first-order chi connectivity index (χ1) is 21.0. The molecular weight excluding hydrogens is 600 g/mol. The second-order valence-electron chi connectivity index (χ2n) is 10.1. The van der Waals surface area contributed by atoms with Gasteiger partial charge < -0.3 is 10.1 Å². The van der Waals surface area contributed by atoms with Crippen molar-refractivity contribution in [2.75, 3.05) is 17.5 Å². The molecule has 0 radical (unpaired) electrons. The number of hydrazone groups is 1. The Labute approximate surface area is 262 Å². The van der Waals surface area contributed by atoms with Crippen LogP contribution >= 0.6 is 11.6 Å². The highest BCUT2D eigenvalue weighted by Gasteiger charge is 2.28. The first-order valence-corrected chi connectivity index (χ1v) is 15.6. The Bertz CT molecular complexity index is 1730. The van der Waals surface area contributed by atoms with Crippen LogP contribution in [0.3, 0.4) is 0 Å². The summed E-state index contributed by atoms with van der Waals surface area (Å²) in [4.78, 5) is 25.2. The lowest BCUT2D eigenvalue weighted by Crippen LogP contribution is -2.40. The van der Waals surface area contributed by atoms with Crippen molar-refractivity contribution in [2.45, 2.75) is 31.7 Å². The van der Waals surface area contributed by atoms with Gasteiger partial charge in [-0.1, -0.05) is 59.6 Å². The Kier molecular flexibility index (Phi) is 10.8. The molecule has 0 bridgehead atoms. The average Bonchev–Trinajstić information content (AvgIpc) is 3.00. The molecule has 1 atom stereocenters. The van der Waals surface area contributed by atoms with E-state index < -0.39 is 22.5 Å². The highest BCUT2D eigenvalue weighted by molar-refractivity contribution is 7.92. The second kappa shape index (κ2) is 14.7. The first kappa shape index (κ1) is 32.2. The zero-order valence-corrected chi connectivity index (χ0v) is 26.1. The minimum atomic E-state index is -4.08. The van der Waals surface area contributed by atoms with Gasteiger partial charge in [-0.3, -0.25) is 13.9 Å². The maximum Gasteiger partial charge on any atom is 0.264 e. The fourth-order valence-corrected chi connectivity index (χ4v) is 6.00. The highest BCUT2D eigenvalue weighted by Crippen LogP contribution is 2.29. The van der Waals surface area contributed by atoms with Crippen molar-refractivity contribution >= 4 is 45.3 Å². The fraction of sp³-hybridized carbons (Fsp3) is 0.182. The van der Waals surface area contributed by atoms with Crippen molar-refractivity contribution in [3.8, 4) is 5.75 Å². The summed E-state index contributed by atoms with van der Waals surface area (Å²) in [5.74, 6) is -0.395. The molecular formula is C33H33ClN4O5S. The topological polar surface area (TPSA) is 117 Å². The standard InChI is InChI=1S/C33H33ClN4O5S/c1-23-9-16-30(17-10-23)44(41,42)38(31-18-13-28(34)19-24(31)2)21-32(39)37-35-20-26-11-14-29(15-12-26)43-22-33(40)36-25(3)27-7-5-4-6-8-27/h4-20,25H,21-22H2,1-3H3,(H,36,40)(H,37,39)/b35-20-/t25-/m0/s1. The van der Waals surface area contributed by atoms with E-state index in [9.17, 15) is 18.0 Å². The number of amides is 2. The average molecular weight is 633 g/mol. The molecule has 9 nitrogen and oxygen atoms in total. The number of hydrogen-bond donors (Lipinski definition) is 2. The molecule has 0 aliphatic heterocycles. The van der Waals surface area contributed by atoms with E-state index in [-0.39, 0.29) is 23.5 Å². The summed E-state index contributed by atoms with van der Waals surface area (Å²) in [6, 6.07) is 27.4. The Balaban J connectivity index is 1.35. The highest BCUT2D eigenvalue weighted by atomic mass is 35.5. The van der Waals surface area contributed by atoms with Gasteiger partial charge in [0.1, 0.15) is 12.3 Å². The lowest BCUT2D eigenvalue weighted by Gasteiger charge is -2.25. The largest absolute Gasteiger partial charge is 0.484 e. The normalized spacial score (nSPS) is 12.0. The van der Waals surface area contributed by atoms with Crippen LogP contribution in [0.1, 0.15) is 35.2 Å². The van der Waals surface area contributed by atoms with Crippen LogP contribution in [0.2, 0.25) is 5.02 Å². The fourth-order valence-electron chi connectivity index (χ4n) is 4.29. The molecule has 228 valence electrons. The number of anilines is 1. The van der Waals surface area contributed by atoms with Gasteiger partial charge in [-0.2, -0.15) is 5.10 Å². The van der Waals surface area contributed by atoms with Crippen LogP contribution in [0.15, 0.2) is 107 Å². The first-order valence-electron chi connectivity index (χ1n) is 13.8. The zero-order chi connectivity index (χ0) is 31.7. The van der Waals surface area contributed by atoms with Gasteiger partial charge >= 0.3 is 0 Å². The summed E-state index contributed by atoms with van der Waals surface area (Å²) in [7, 11) is -4.08. The third-order valence-electron chi connectivity index (χ3n) is 6.65. The quantitative estimate of drug-likeness (QED) is 0.157. The van der Waals surface area contributed by atoms with Crippen molar-refractivity contribution in [3.05, 3.63) is 124 Å². The van der Waals surface area contributed by atoms with Gasteiger partial charge in [-0.25, -0.2) is 13.8 Å². The van der Waals surface area contributed by atoms with Gasteiger partial charge in [0.05, 0.1) is 22.8 Å². The third kappa shape index (κ3) is 8.68. The van der Waals surface area contributed by atoms with E-state index in [0.717, 1.165) is 15.4 Å². The van der Waals surface area contributed by atoms with Crippen LogP contribution in [0, 0.1) is 13.8 Å². The van der Waals surface area contributed by atoms with Gasteiger partial charge in [0.15, 0.2) is 6.61 Å². The lowest BCUT2D eigenvalue weighted by atomic mass is 10.1. The maximum atomic E-state index is 13.6. The van der Waals surface area contributed by atoms with E-state index in [0.29, 0.717) is 27.6 Å². The number of carbonyl (C=O) groups excluding carboxylic acids is 2. The van der Waals surface area contributed by atoms with E-state index in [1.165, 1.54) is 18.3 Å². The van der Waals surface area contributed by atoms with Crippen LogP contribution in [-0.2, 0) is 19.6 Å². The summed E-state index contributed by atoms with van der Waals surface area (Å²) >= 11 is 6.09. The van der Waals surface area contributed by atoms with E-state index in [2.05, 4.69) is 15.8 Å². The Morgan fingerprint density at radius 1 is 0.932 bits per heavy atom. The molecule has 0 saturated carbocycles. The van der Waals surface area contributed by atoms with Gasteiger partial charge in [-0.05, 0) is 92.1 Å². The molecule has 4 aromatic rings. The molecule has 0 unspecified atom stereocenters. The van der Waals surface area contributed by atoms with Crippen LogP contribution < -0.4 is 19.8 Å². The molecule has 2 N–H and O–H groups in total. The van der Waals surface area contributed by atoms with Crippen molar-refractivity contribution in [1.29, 1.82) is 0 Å². The number of nitrogens with zero attached hydrogens (tertiary/aromatic N) is 2.